The number of rotatable bonds is 3. The SMILES string of the molecule is C/C=C/[C@@H]1C[C@@H]1CS(=O)[O-].[Na+]. The minimum Gasteiger partial charge on any atom is -0.772 e. The van der Waals surface area contributed by atoms with Crippen LogP contribution < -0.4 is 29.6 Å². The molecule has 0 heterocycles. The van der Waals surface area contributed by atoms with Crippen LogP contribution in [0.3, 0.4) is 0 Å². The third-order valence-electron chi connectivity index (χ3n) is 1.77. The molecule has 0 bridgehead atoms. The van der Waals surface area contributed by atoms with Crippen LogP contribution in [0.5, 0.6) is 0 Å². The molecule has 0 aromatic carbocycles. The summed E-state index contributed by atoms with van der Waals surface area (Å²) in [5.41, 5.74) is 0. The van der Waals surface area contributed by atoms with Crippen LogP contribution >= 0.6 is 0 Å². The monoisotopic (exact) mass is 182 g/mol. The van der Waals surface area contributed by atoms with E-state index in [-0.39, 0.29) is 29.6 Å². The van der Waals surface area contributed by atoms with Crippen molar-refractivity contribution in [1.82, 2.24) is 0 Å². The normalized spacial score (nSPS) is 31.5. The molecule has 1 fully saturated rings. The maximum atomic E-state index is 10.2. The summed E-state index contributed by atoms with van der Waals surface area (Å²) in [6, 6.07) is 0. The number of hydrogen-bond donors (Lipinski definition) is 0. The Hall–Kier alpha value is 0.850. The van der Waals surface area contributed by atoms with E-state index in [1.54, 1.807) is 0 Å². The van der Waals surface area contributed by atoms with Crippen LogP contribution in [0.15, 0.2) is 12.2 Å². The Labute approximate surface area is 92.0 Å². The molecule has 1 aliphatic carbocycles. The van der Waals surface area contributed by atoms with Gasteiger partial charge in [-0.1, -0.05) is 23.2 Å². The number of hydrogen-bond acceptors (Lipinski definition) is 2. The summed E-state index contributed by atoms with van der Waals surface area (Å²) in [4.78, 5) is 0. The fourth-order valence-corrected chi connectivity index (χ4v) is 1.85. The largest absolute Gasteiger partial charge is 1.00 e. The molecule has 0 spiro atoms. The Kier molecular flexibility index (Phi) is 5.91. The molecule has 58 valence electrons. The second kappa shape index (κ2) is 5.49. The van der Waals surface area contributed by atoms with E-state index in [1.165, 1.54) is 0 Å². The van der Waals surface area contributed by atoms with Crippen LogP contribution in [0.1, 0.15) is 13.3 Å². The molecule has 1 aliphatic rings. The van der Waals surface area contributed by atoms with E-state index in [0.717, 1.165) is 6.42 Å². The first kappa shape index (κ1) is 11.8. The molecular weight excluding hydrogens is 171 g/mol. The minimum absolute atomic E-state index is 0. The molecule has 0 saturated heterocycles. The molecule has 0 N–H and O–H groups in total. The van der Waals surface area contributed by atoms with Crippen LogP contribution in [-0.2, 0) is 11.1 Å². The zero-order chi connectivity index (χ0) is 7.56. The van der Waals surface area contributed by atoms with Gasteiger partial charge in [0.15, 0.2) is 0 Å². The predicted octanol–water partition coefficient (Wildman–Crippen LogP) is -1.92. The maximum Gasteiger partial charge on any atom is 1.00 e. The van der Waals surface area contributed by atoms with E-state index in [0.29, 0.717) is 17.6 Å². The van der Waals surface area contributed by atoms with Crippen molar-refractivity contribution in [3.8, 4) is 0 Å². The molecule has 0 aliphatic heterocycles. The van der Waals surface area contributed by atoms with E-state index in [9.17, 15) is 8.76 Å². The van der Waals surface area contributed by atoms with Crippen LogP contribution in [0.25, 0.3) is 0 Å². The third-order valence-corrected chi connectivity index (χ3v) is 2.47. The van der Waals surface area contributed by atoms with Gasteiger partial charge in [0.2, 0.25) is 0 Å². The number of allylic oxidation sites excluding steroid dienone is 2. The molecule has 3 atom stereocenters. The van der Waals surface area contributed by atoms with Gasteiger partial charge in [-0.05, 0) is 25.2 Å². The van der Waals surface area contributed by atoms with Crippen molar-refractivity contribution in [2.75, 3.05) is 5.75 Å². The molecule has 1 saturated carbocycles. The molecular formula is C7H11NaO2S. The zero-order valence-electron chi connectivity index (χ0n) is 6.95. The van der Waals surface area contributed by atoms with Crippen LogP contribution in [0.2, 0.25) is 0 Å². The Morgan fingerprint density at radius 1 is 1.73 bits per heavy atom. The van der Waals surface area contributed by atoms with Gasteiger partial charge >= 0.3 is 29.6 Å². The maximum absolute atomic E-state index is 10.2. The van der Waals surface area contributed by atoms with Gasteiger partial charge in [0.25, 0.3) is 0 Å². The standard InChI is InChI=1S/C7H12O2S.Na/c1-2-3-6-4-7(6)5-10(8)9;/h2-3,6-7H,4-5H2,1H3,(H,8,9);/q;+1/p-1/b3-2+;/t6-,7-;/m1./s1. The van der Waals surface area contributed by atoms with Crippen molar-refractivity contribution in [2.24, 2.45) is 11.8 Å². The Morgan fingerprint density at radius 2 is 2.36 bits per heavy atom. The average molecular weight is 182 g/mol. The first-order valence-corrected chi connectivity index (χ1v) is 4.67. The summed E-state index contributed by atoms with van der Waals surface area (Å²) < 4.78 is 20.4. The summed E-state index contributed by atoms with van der Waals surface area (Å²) in [6.07, 6.45) is 5.12. The second-order valence-corrected chi connectivity index (χ2v) is 3.60. The van der Waals surface area contributed by atoms with Gasteiger partial charge in [-0.2, -0.15) is 0 Å². The summed E-state index contributed by atoms with van der Waals surface area (Å²) in [5.74, 6) is 1.30. The van der Waals surface area contributed by atoms with Gasteiger partial charge in [0.05, 0.1) is 0 Å². The smallest absolute Gasteiger partial charge is 0.772 e. The Bertz CT molecular complexity index is 170. The minimum atomic E-state index is -1.84. The fraction of sp³-hybridized carbons (Fsp3) is 0.714. The molecule has 0 radical (unpaired) electrons. The van der Waals surface area contributed by atoms with Gasteiger partial charge in [-0.25, -0.2) is 0 Å². The van der Waals surface area contributed by atoms with Crippen molar-refractivity contribution >= 4 is 11.1 Å². The Balaban J connectivity index is 0.000001000. The van der Waals surface area contributed by atoms with Crippen molar-refractivity contribution < 1.29 is 38.3 Å². The molecule has 0 aromatic rings. The molecule has 0 aromatic heterocycles. The van der Waals surface area contributed by atoms with Crippen molar-refractivity contribution in [3.05, 3.63) is 12.2 Å². The summed E-state index contributed by atoms with van der Waals surface area (Å²) >= 11 is -1.84. The van der Waals surface area contributed by atoms with Gasteiger partial charge < -0.3 is 4.55 Å². The van der Waals surface area contributed by atoms with E-state index >= 15 is 0 Å². The molecule has 2 nitrogen and oxygen atoms in total. The molecule has 11 heavy (non-hydrogen) atoms. The van der Waals surface area contributed by atoms with Gasteiger partial charge in [0, 0.05) is 5.75 Å². The molecule has 4 heteroatoms. The quantitative estimate of drug-likeness (QED) is 0.290. The molecule has 1 unspecified atom stereocenters. The van der Waals surface area contributed by atoms with Gasteiger partial charge in [0.1, 0.15) is 0 Å². The summed E-state index contributed by atoms with van der Waals surface area (Å²) in [7, 11) is 0. The fourth-order valence-electron chi connectivity index (χ4n) is 1.12. The van der Waals surface area contributed by atoms with Crippen molar-refractivity contribution in [1.29, 1.82) is 0 Å². The Morgan fingerprint density at radius 3 is 2.82 bits per heavy atom. The van der Waals surface area contributed by atoms with Crippen molar-refractivity contribution in [2.45, 2.75) is 13.3 Å². The van der Waals surface area contributed by atoms with E-state index in [2.05, 4.69) is 6.08 Å². The summed E-state index contributed by atoms with van der Waals surface area (Å²) in [5, 5.41) is 0. The average Bonchev–Trinajstić information content (AvgIpc) is 2.47. The van der Waals surface area contributed by atoms with Crippen LogP contribution in [0.4, 0.5) is 0 Å². The first-order chi connectivity index (χ1) is 4.74. The molecule has 1 rings (SSSR count). The van der Waals surface area contributed by atoms with Gasteiger partial charge in [-0.3, -0.25) is 4.21 Å². The third kappa shape index (κ3) is 4.43. The van der Waals surface area contributed by atoms with E-state index in [4.69, 9.17) is 0 Å². The van der Waals surface area contributed by atoms with Gasteiger partial charge in [-0.15, -0.1) is 0 Å². The van der Waals surface area contributed by atoms with Crippen LogP contribution in [-0.4, -0.2) is 14.5 Å². The topological polar surface area (TPSA) is 40.1 Å². The van der Waals surface area contributed by atoms with Crippen molar-refractivity contribution in [3.63, 3.8) is 0 Å². The predicted molar refractivity (Wildman–Crippen MR) is 40.2 cm³/mol. The van der Waals surface area contributed by atoms with Crippen LogP contribution in [0, 0.1) is 11.8 Å². The first-order valence-electron chi connectivity index (χ1n) is 3.42. The van der Waals surface area contributed by atoms with E-state index < -0.39 is 11.1 Å². The molecule has 0 amide bonds. The second-order valence-electron chi connectivity index (χ2n) is 2.66. The van der Waals surface area contributed by atoms with E-state index in [1.807, 2.05) is 13.0 Å². The summed E-state index contributed by atoms with van der Waals surface area (Å²) in [6.45, 7) is 1.96. The zero-order valence-corrected chi connectivity index (χ0v) is 9.76.